The van der Waals surface area contributed by atoms with Crippen molar-refractivity contribution < 1.29 is 18.1 Å². The number of hydrogen-bond acceptors (Lipinski definition) is 9. The van der Waals surface area contributed by atoms with E-state index in [1.165, 1.54) is 52.2 Å². The number of aryl methyl sites for hydroxylation is 1. The van der Waals surface area contributed by atoms with Crippen LogP contribution < -0.4 is 5.01 Å². The van der Waals surface area contributed by atoms with Crippen LogP contribution in [0.25, 0.3) is 10.2 Å². The van der Waals surface area contributed by atoms with Crippen LogP contribution in [0.5, 0.6) is 0 Å². The number of benzene rings is 2. The largest absolute Gasteiger partial charge is 0.324 e. The van der Waals surface area contributed by atoms with Crippen LogP contribution in [0.2, 0.25) is 0 Å². The number of nitrogens with zero attached hydrogens (tertiary/aromatic N) is 5. The van der Waals surface area contributed by atoms with Gasteiger partial charge in [0.15, 0.2) is 0 Å². The summed E-state index contributed by atoms with van der Waals surface area (Å²) in [5, 5.41) is 16.8. The molecule has 4 rings (SSSR count). The molecule has 2 aromatic carbocycles. The number of carbonyl (C=O) groups is 1. The van der Waals surface area contributed by atoms with Crippen LogP contribution in [-0.4, -0.2) is 47.8 Å². The Morgan fingerprint density at radius 1 is 1.10 bits per heavy atom. The fourth-order valence-electron chi connectivity index (χ4n) is 3.75. The second-order valence-corrected chi connectivity index (χ2v) is 12.7. The van der Waals surface area contributed by atoms with E-state index in [4.69, 9.17) is 0 Å². The maximum Gasteiger partial charge on any atom is 0.324 e. The van der Waals surface area contributed by atoms with E-state index in [1.807, 2.05) is 32.0 Å². The highest BCUT2D eigenvalue weighted by Crippen LogP contribution is 2.31. The number of carbonyl (C=O) groups excluding carboxylic acids is 1. The van der Waals surface area contributed by atoms with Gasteiger partial charge < -0.3 is 0 Å². The highest BCUT2D eigenvalue weighted by Gasteiger charge is 2.25. The van der Waals surface area contributed by atoms with Crippen molar-refractivity contribution in [2.45, 2.75) is 38.5 Å². The molecule has 2 heterocycles. The lowest BCUT2D eigenvalue weighted by Gasteiger charge is -2.20. The number of thiazole rings is 1. The first-order valence-electron chi connectivity index (χ1n) is 12.2. The molecule has 4 aromatic rings. The average molecular weight is 586 g/mol. The number of fused-ring (bicyclic) bond motifs is 1. The molecule has 13 heteroatoms. The Labute approximate surface area is 234 Å². The quantitative estimate of drug-likeness (QED) is 0.120. The predicted octanol–water partition coefficient (Wildman–Crippen LogP) is 6.07. The third-order valence-corrected chi connectivity index (χ3v) is 9.81. The zero-order valence-corrected chi connectivity index (χ0v) is 24.1. The van der Waals surface area contributed by atoms with E-state index in [2.05, 4.69) is 10.1 Å². The maximum atomic E-state index is 13.6. The van der Waals surface area contributed by atoms with Gasteiger partial charge in [0.05, 0.1) is 31.1 Å². The van der Waals surface area contributed by atoms with Gasteiger partial charge in [-0.1, -0.05) is 49.0 Å². The molecule has 0 bridgehead atoms. The summed E-state index contributed by atoms with van der Waals surface area (Å²) < 4.78 is 28.5. The molecule has 204 valence electrons. The van der Waals surface area contributed by atoms with Crippen LogP contribution in [0.15, 0.2) is 64.6 Å². The molecule has 2 aromatic heterocycles. The van der Waals surface area contributed by atoms with E-state index in [-0.39, 0.29) is 15.5 Å². The number of rotatable bonds is 11. The van der Waals surface area contributed by atoms with Gasteiger partial charge in [0.2, 0.25) is 15.2 Å². The molecular formula is C26H27N5O5S3. The van der Waals surface area contributed by atoms with Gasteiger partial charge in [-0.15, -0.1) is 0 Å². The predicted molar refractivity (Wildman–Crippen MR) is 156 cm³/mol. The van der Waals surface area contributed by atoms with E-state index in [0.717, 1.165) is 39.5 Å². The smallest absolute Gasteiger partial charge is 0.267 e. The van der Waals surface area contributed by atoms with Crippen LogP contribution in [0.1, 0.15) is 47.5 Å². The third-order valence-electron chi connectivity index (χ3n) is 5.85. The summed E-state index contributed by atoms with van der Waals surface area (Å²) in [6, 6.07) is 14.4. The second-order valence-electron chi connectivity index (χ2n) is 8.64. The molecule has 0 saturated heterocycles. The van der Waals surface area contributed by atoms with Crippen LogP contribution >= 0.6 is 22.7 Å². The van der Waals surface area contributed by atoms with Gasteiger partial charge >= 0.3 is 5.00 Å². The first-order valence-corrected chi connectivity index (χ1v) is 15.3. The van der Waals surface area contributed by atoms with Crippen LogP contribution in [0.4, 0.5) is 10.1 Å². The number of aromatic nitrogens is 1. The van der Waals surface area contributed by atoms with Gasteiger partial charge in [-0.05, 0) is 61.4 Å². The summed E-state index contributed by atoms with van der Waals surface area (Å²) >= 11 is 2.22. The molecule has 10 nitrogen and oxygen atoms in total. The third kappa shape index (κ3) is 6.38. The number of sulfonamides is 1. The minimum atomic E-state index is -3.70. The monoisotopic (exact) mass is 585 g/mol. The lowest BCUT2D eigenvalue weighted by molar-refractivity contribution is -0.380. The maximum absolute atomic E-state index is 13.6. The van der Waals surface area contributed by atoms with Crippen molar-refractivity contribution in [3.63, 3.8) is 0 Å². The summed E-state index contributed by atoms with van der Waals surface area (Å²) in [6.45, 7) is 6.53. The number of amides is 1. The van der Waals surface area contributed by atoms with Crippen LogP contribution in [0.3, 0.4) is 0 Å². The van der Waals surface area contributed by atoms with Gasteiger partial charge in [-0.2, -0.15) is 14.4 Å². The fraction of sp³-hybridized carbons (Fsp3) is 0.269. The minimum absolute atomic E-state index is 0.0401. The van der Waals surface area contributed by atoms with E-state index in [1.54, 1.807) is 13.0 Å². The molecule has 39 heavy (non-hydrogen) atoms. The number of anilines is 1. The Balaban J connectivity index is 1.68. The molecule has 0 aliphatic heterocycles. The van der Waals surface area contributed by atoms with Gasteiger partial charge in [-0.3, -0.25) is 14.9 Å². The van der Waals surface area contributed by atoms with Crippen molar-refractivity contribution in [3.05, 3.63) is 80.7 Å². The van der Waals surface area contributed by atoms with Gasteiger partial charge in [0.25, 0.3) is 5.91 Å². The molecule has 0 N–H and O–H groups in total. The SMILES string of the molecule is CCCCN(CC)S(=O)(=O)c1ccc(C(=O)N(/N=C/c2ccc([N+](=O)[O-])s2)c2nc3ccc(C)cc3s2)cc1. The zero-order chi connectivity index (χ0) is 28.2. The number of unbranched alkanes of at least 4 members (excludes halogenated alkanes) is 1. The Hall–Kier alpha value is -3.52. The topological polar surface area (TPSA) is 126 Å². The van der Waals surface area contributed by atoms with Crippen molar-refractivity contribution >= 4 is 65.2 Å². The normalized spacial score (nSPS) is 12.0. The number of hydrogen-bond donors (Lipinski definition) is 0. The molecule has 0 saturated carbocycles. The average Bonchev–Trinajstić information content (AvgIpc) is 3.56. The minimum Gasteiger partial charge on any atom is -0.267 e. The lowest BCUT2D eigenvalue weighted by atomic mass is 10.2. The molecule has 1 amide bonds. The molecule has 0 atom stereocenters. The summed E-state index contributed by atoms with van der Waals surface area (Å²) in [6.07, 6.45) is 3.00. The van der Waals surface area contributed by atoms with E-state index in [9.17, 15) is 23.3 Å². The van der Waals surface area contributed by atoms with Gasteiger partial charge in [-0.25, -0.2) is 13.4 Å². The Bertz CT molecular complexity index is 1630. The Morgan fingerprint density at radius 2 is 1.85 bits per heavy atom. The van der Waals surface area contributed by atoms with Crippen molar-refractivity contribution in [1.82, 2.24) is 9.29 Å². The van der Waals surface area contributed by atoms with Crippen molar-refractivity contribution in [2.75, 3.05) is 18.1 Å². The van der Waals surface area contributed by atoms with E-state index >= 15 is 0 Å². The molecular weight excluding hydrogens is 559 g/mol. The molecule has 0 fully saturated rings. The van der Waals surface area contributed by atoms with E-state index in [0.29, 0.717) is 28.6 Å². The van der Waals surface area contributed by atoms with Crippen LogP contribution in [-0.2, 0) is 10.0 Å². The number of hydrazone groups is 1. The molecule has 0 aliphatic carbocycles. The summed E-state index contributed by atoms with van der Waals surface area (Å²) in [5.74, 6) is -0.518. The standard InChI is InChI=1S/C26H27N5O5S3/c1-4-6-15-29(5-2)39(35,36)21-11-8-19(9-12-21)25(32)30(27-17-20-10-14-24(37-20)31(33)34)26-28-22-13-7-18(3)16-23(22)38-26/h7-14,16-17H,4-6,15H2,1-3H3/b27-17+. The Kier molecular flexibility index (Phi) is 8.85. The number of thiophene rings is 1. The molecule has 0 aliphatic rings. The molecule has 0 radical (unpaired) electrons. The highest BCUT2D eigenvalue weighted by molar-refractivity contribution is 7.89. The van der Waals surface area contributed by atoms with Crippen molar-refractivity contribution in [1.29, 1.82) is 0 Å². The fourth-order valence-corrected chi connectivity index (χ4v) is 6.94. The summed E-state index contributed by atoms with van der Waals surface area (Å²) in [4.78, 5) is 29.4. The molecule has 0 unspecified atom stereocenters. The summed E-state index contributed by atoms with van der Waals surface area (Å²) in [5.41, 5.74) is 1.96. The lowest BCUT2D eigenvalue weighted by Crippen LogP contribution is -2.32. The van der Waals surface area contributed by atoms with Crippen LogP contribution in [0, 0.1) is 17.0 Å². The first-order chi connectivity index (χ1) is 18.6. The Morgan fingerprint density at radius 3 is 2.49 bits per heavy atom. The second kappa shape index (κ2) is 12.1. The van der Waals surface area contributed by atoms with Crippen molar-refractivity contribution in [2.24, 2.45) is 5.10 Å². The van der Waals surface area contributed by atoms with Gasteiger partial charge in [0, 0.05) is 24.7 Å². The summed E-state index contributed by atoms with van der Waals surface area (Å²) in [7, 11) is -3.70. The number of nitro groups is 1. The first kappa shape index (κ1) is 28.5. The van der Waals surface area contributed by atoms with E-state index < -0.39 is 20.9 Å². The van der Waals surface area contributed by atoms with Crippen molar-refractivity contribution in [3.8, 4) is 0 Å². The highest BCUT2D eigenvalue weighted by atomic mass is 32.2. The van der Waals surface area contributed by atoms with Gasteiger partial charge in [0.1, 0.15) is 0 Å². The zero-order valence-electron chi connectivity index (χ0n) is 21.6. The molecule has 0 spiro atoms.